The largest absolute Gasteiger partial charge is 0.298 e. The fourth-order valence-electron chi connectivity index (χ4n) is 1.95. The number of carbonyl (C=O) groups excluding carboxylic acids is 1. The van der Waals surface area contributed by atoms with E-state index in [0.717, 1.165) is 25.7 Å². The number of nitrogens with one attached hydrogen (secondary N) is 1. The lowest BCUT2D eigenvalue weighted by atomic mass is 9.84. The molecular formula is C9H17NO3S. The highest BCUT2D eigenvalue weighted by molar-refractivity contribution is 7.77. The summed E-state index contributed by atoms with van der Waals surface area (Å²) in [5.74, 6) is 0.168. The molecule has 1 unspecified atom stereocenters. The maximum absolute atomic E-state index is 11.7. The van der Waals surface area contributed by atoms with Crippen molar-refractivity contribution in [3.8, 4) is 0 Å². The van der Waals surface area contributed by atoms with E-state index in [-0.39, 0.29) is 11.7 Å². The Morgan fingerprint density at radius 1 is 1.43 bits per heavy atom. The van der Waals surface area contributed by atoms with E-state index in [1.807, 2.05) is 0 Å². The van der Waals surface area contributed by atoms with E-state index in [9.17, 15) is 9.00 Å². The molecule has 4 nitrogen and oxygen atoms in total. The Morgan fingerprint density at radius 3 is 2.50 bits per heavy atom. The summed E-state index contributed by atoms with van der Waals surface area (Å²) in [5, 5.41) is 0. The van der Waals surface area contributed by atoms with Gasteiger partial charge < -0.3 is 0 Å². The highest BCUT2D eigenvalue weighted by Gasteiger charge is 2.25. The van der Waals surface area contributed by atoms with Gasteiger partial charge in [-0.3, -0.25) is 9.35 Å². The quantitative estimate of drug-likeness (QED) is 0.699. The molecule has 0 saturated heterocycles. The van der Waals surface area contributed by atoms with Gasteiger partial charge in [-0.1, -0.05) is 19.3 Å². The highest BCUT2D eigenvalue weighted by Crippen LogP contribution is 2.25. The predicted molar refractivity (Wildman–Crippen MR) is 55.0 cm³/mol. The molecule has 1 fully saturated rings. The molecule has 0 radical (unpaired) electrons. The van der Waals surface area contributed by atoms with Gasteiger partial charge in [0.05, 0.1) is 6.04 Å². The lowest BCUT2D eigenvalue weighted by molar-refractivity contribution is -0.125. The zero-order valence-electron chi connectivity index (χ0n) is 8.36. The van der Waals surface area contributed by atoms with E-state index < -0.39 is 17.3 Å². The SMILES string of the molecule is C[C@H](NS(=O)O)C(=O)C1CCCCC1. The molecule has 0 aromatic rings. The first-order chi connectivity index (χ1) is 6.61. The van der Waals surface area contributed by atoms with Crippen LogP contribution in [0.4, 0.5) is 0 Å². The molecule has 0 heterocycles. The Kier molecular flexibility index (Phi) is 4.71. The minimum atomic E-state index is -2.09. The first-order valence-corrected chi connectivity index (χ1v) is 6.12. The smallest absolute Gasteiger partial charge is 0.232 e. The van der Waals surface area contributed by atoms with Crippen LogP contribution in [0.15, 0.2) is 0 Å². The number of rotatable bonds is 4. The van der Waals surface area contributed by atoms with E-state index in [0.29, 0.717) is 0 Å². The third-order valence-corrected chi connectivity index (χ3v) is 3.27. The Balaban J connectivity index is 2.42. The van der Waals surface area contributed by atoms with Crippen molar-refractivity contribution >= 4 is 17.0 Å². The number of ketones is 1. The first kappa shape index (κ1) is 11.8. The second kappa shape index (κ2) is 5.58. The van der Waals surface area contributed by atoms with Gasteiger partial charge in [-0.25, -0.2) is 8.93 Å². The maximum Gasteiger partial charge on any atom is 0.232 e. The van der Waals surface area contributed by atoms with E-state index in [1.165, 1.54) is 6.42 Å². The molecule has 0 bridgehead atoms. The Bertz CT molecular complexity index is 226. The predicted octanol–water partition coefficient (Wildman–Crippen LogP) is 1.25. The van der Waals surface area contributed by atoms with Crippen molar-refractivity contribution in [2.75, 3.05) is 0 Å². The van der Waals surface area contributed by atoms with Gasteiger partial charge in [0.15, 0.2) is 5.78 Å². The van der Waals surface area contributed by atoms with E-state index >= 15 is 0 Å². The number of hydrogen-bond donors (Lipinski definition) is 2. The van der Waals surface area contributed by atoms with Crippen LogP contribution in [0.2, 0.25) is 0 Å². The standard InChI is InChI=1S/C9H17NO3S/c1-7(10-14(12)13)9(11)8-5-3-2-4-6-8/h7-8,10H,2-6H2,1H3,(H,12,13)/t7-/m0/s1. The number of hydrogen-bond acceptors (Lipinski definition) is 2. The Hall–Kier alpha value is -0.260. The molecule has 2 N–H and O–H groups in total. The van der Waals surface area contributed by atoms with Crippen molar-refractivity contribution in [3.63, 3.8) is 0 Å². The third kappa shape index (κ3) is 3.48. The van der Waals surface area contributed by atoms with Crippen molar-refractivity contribution in [2.45, 2.75) is 45.1 Å². The lowest BCUT2D eigenvalue weighted by Crippen LogP contribution is -2.39. The van der Waals surface area contributed by atoms with Crippen LogP contribution < -0.4 is 4.72 Å². The van der Waals surface area contributed by atoms with Gasteiger partial charge in [-0.15, -0.1) is 0 Å². The third-order valence-electron chi connectivity index (χ3n) is 2.71. The van der Waals surface area contributed by atoms with Gasteiger partial charge >= 0.3 is 0 Å². The van der Waals surface area contributed by atoms with Gasteiger partial charge in [0.1, 0.15) is 0 Å². The zero-order valence-corrected chi connectivity index (χ0v) is 9.18. The topological polar surface area (TPSA) is 66.4 Å². The van der Waals surface area contributed by atoms with Crippen LogP contribution in [-0.4, -0.2) is 20.6 Å². The molecule has 1 saturated carbocycles. The van der Waals surface area contributed by atoms with Crippen LogP contribution in [0.1, 0.15) is 39.0 Å². The molecule has 14 heavy (non-hydrogen) atoms. The van der Waals surface area contributed by atoms with Crippen molar-refractivity contribution in [3.05, 3.63) is 0 Å². The maximum atomic E-state index is 11.7. The van der Waals surface area contributed by atoms with Crippen LogP contribution in [0.25, 0.3) is 0 Å². The fraction of sp³-hybridized carbons (Fsp3) is 0.889. The van der Waals surface area contributed by atoms with E-state index in [2.05, 4.69) is 4.72 Å². The Morgan fingerprint density at radius 2 is 2.00 bits per heavy atom. The summed E-state index contributed by atoms with van der Waals surface area (Å²) in [4.78, 5) is 11.7. The molecular weight excluding hydrogens is 202 g/mol. The van der Waals surface area contributed by atoms with Gasteiger partial charge in [0.25, 0.3) is 0 Å². The normalized spacial score (nSPS) is 23.0. The molecule has 0 spiro atoms. The molecule has 1 rings (SSSR count). The van der Waals surface area contributed by atoms with Crippen molar-refractivity contribution in [1.82, 2.24) is 4.72 Å². The van der Waals surface area contributed by atoms with Gasteiger partial charge in [-0.05, 0) is 19.8 Å². The van der Waals surface area contributed by atoms with Crippen molar-refractivity contribution < 1.29 is 13.6 Å². The second-order valence-electron chi connectivity index (χ2n) is 3.83. The summed E-state index contributed by atoms with van der Waals surface area (Å²) in [6.07, 6.45) is 5.28. The molecule has 0 aromatic heterocycles. The van der Waals surface area contributed by atoms with Gasteiger partial charge in [0, 0.05) is 5.92 Å². The van der Waals surface area contributed by atoms with Gasteiger partial charge in [0.2, 0.25) is 11.3 Å². The van der Waals surface area contributed by atoms with Crippen LogP contribution in [-0.2, 0) is 16.1 Å². The lowest BCUT2D eigenvalue weighted by Gasteiger charge is -2.22. The summed E-state index contributed by atoms with van der Waals surface area (Å²) in [6.45, 7) is 1.64. The molecule has 1 aliphatic carbocycles. The van der Waals surface area contributed by atoms with Crippen molar-refractivity contribution in [2.24, 2.45) is 5.92 Å². The summed E-state index contributed by atoms with van der Waals surface area (Å²) in [5.41, 5.74) is 0. The van der Waals surface area contributed by atoms with Crippen LogP contribution >= 0.6 is 0 Å². The van der Waals surface area contributed by atoms with Crippen molar-refractivity contribution in [1.29, 1.82) is 0 Å². The Labute approximate surface area is 86.9 Å². The zero-order chi connectivity index (χ0) is 10.6. The fourth-order valence-corrected chi connectivity index (χ4v) is 2.37. The number of carbonyl (C=O) groups is 1. The average Bonchev–Trinajstić information content (AvgIpc) is 2.17. The second-order valence-corrected chi connectivity index (χ2v) is 4.56. The molecule has 0 amide bonds. The molecule has 0 aliphatic heterocycles. The monoisotopic (exact) mass is 219 g/mol. The van der Waals surface area contributed by atoms with Gasteiger partial charge in [-0.2, -0.15) is 0 Å². The average molecular weight is 219 g/mol. The van der Waals surface area contributed by atoms with Crippen LogP contribution in [0.5, 0.6) is 0 Å². The molecule has 0 aromatic carbocycles. The van der Waals surface area contributed by atoms with E-state index in [4.69, 9.17) is 4.55 Å². The summed E-state index contributed by atoms with van der Waals surface area (Å²) in [6, 6.07) is -0.510. The minimum absolute atomic E-state index is 0.0760. The summed E-state index contributed by atoms with van der Waals surface area (Å²) in [7, 11) is 0. The first-order valence-electron chi connectivity index (χ1n) is 5.02. The van der Waals surface area contributed by atoms with Crippen LogP contribution in [0, 0.1) is 5.92 Å². The number of Topliss-reactive ketones (excluding diaryl/α,β-unsaturated/α-hetero) is 1. The molecule has 1 aliphatic rings. The molecule has 2 atom stereocenters. The summed E-state index contributed by atoms with van der Waals surface area (Å²) < 4.78 is 21.3. The summed E-state index contributed by atoms with van der Waals surface area (Å²) >= 11 is -2.09. The molecule has 5 heteroatoms. The molecule has 82 valence electrons. The van der Waals surface area contributed by atoms with Crippen LogP contribution in [0.3, 0.4) is 0 Å². The minimum Gasteiger partial charge on any atom is -0.298 e. The highest BCUT2D eigenvalue weighted by atomic mass is 32.2. The van der Waals surface area contributed by atoms with E-state index in [1.54, 1.807) is 6.92 Å².